The van der Waals surface area contributed by atoms with E-state index >= 15 is 0 Å². The summed E-state index contributed by atoms with van der Waals surface area (Å²) in [5.74, 6) is -4.49. The van der Waals surface area contributed by atoms with Gasteiger partial charge < -0.3 is 15.2 Å². The second-order valence-electron chi connectivity index (χ2n) is 7.63. The first-order valence-corrected chi connectivity index (χ1v) is 10.1. The van der Waals surface area contributed by atoms with Crippen LogP contribution in [0.15, 0.2) is 16.7 Å². The van der Waals surface area contributed by atoms with Gasteiger partial charge in [0.15, 0.2) is 0 Å². The fourth-order valence-corrected chi connectivity index (χ4v) is 4.11. The largest absolute Gasteiger partial charge is 0.343 e. The highest BCUT2D eigenvalue weighted by Crippen LogP contribution is 2.45. The fourth-order valence-electron chi connectivity index (χ4n) is 3.78. The highest BCUT2D eigenvalue weighted by atomic mass is 79.9. The molecule has 0 spiro atoms. The van der Waals surface area contributed by atoms with Gasteiger partial charge in [-0.1, -0.05) is 5.92 Å². The highest BCUT2D eigenvalue weighted by molar-refractivity contribution is 9.10. The molecule has 1 saturated carbocycles. The Hall–Kier alpha value is -3.13. The molecule has 2 amide bonds. The quantitative estimate of drug-likeness (QED) is 0.279. The molecule has 0 saturated heterocycles. The minimum atomic E-state index is -3.01. The van der Waals surface area contributed by atoms with Gasteiger partial charge in [0.25, 0.3) is 23.5 Å². The van der Waals surface area contributed by atoms with Crippen molar-refractivity contribution in [3.05, 3.63) is 45.2 Å². The average Bonchev–Trinajstić information content (AvgIpc) is 2.91. The molecule has 1 aliphatic rings. The first-order valence-electron chi connectivity index (χ1n) is 9.32. The molecular formula is C21H18BrF3N4O3. The summed E-state index contributed by atoms with van der Waals surface area (Å²) in [6.45, 7) is 3.00. The Morgan fingerprint density at radius 2 is 1.91 bits per heavy atom. The van der Waals surface area contributed by atoms with Crippen molar-refractivity contribution in [1.29, 1.82) is 0 Å². The topological polar surface area (TPSA) is 93.1 Å². The normalized spacial score (nSPS) is 15.9. The second kappa shape index (κ2) is 8.09. The number of hydrogen-bond donors (Lipinski definition) is 2. The Kier molecular flexibility index (Phi) is 5.95. The summed E-state index contributed by atoms with van der Waals surface area (Å²) < 4.78 is 41.6. The van der Waals surface area contributed by atoms with Crippen LogP contribution in [0.3, 0.4) is 0 Å². The summed E-state index contributed by atoms with van der Waals surface area (Å²) >= 11 is 3.00. The van der Waals surface area contributed by atoms with Crippen molar-refractivity contribution in [2.75, 3.05) is 5.32 Å². The number of terminal acetylenes is 1. The van der Waals surface area contributed by atoms with Gasteiger partial charge in [0.2, 0.25) is 5.95 Å². The number of carbonyl (C=O) groups is 3. The van der Waals surface area contributed by atoms with Crippen molar-refractivity contribution in [3.8, 4) is 12.3 Å². The van der Waals surface area contributed by atoms with Crippen molar-refractivity contribution >= 4 is 39.2 Å². The lowest BCUT2D eigenvalue weighted by atomic mass is 9.74. The third kappa shape index (κ3) is 4.02. The summed E-state index contributed by atoms with van der Waals surface area (Å²) in [5.41, 5.74) is -0.959. The molecule has 168 valence electrons. The summed E-state index contributed by atoms with van der Waals surface area (Å²) in [6.07, 6.45) is 4.96. The Morgan fingerprint density at radius 3 is 2.47 bits per heavy atom. The molecule has 2 aromatic heterocycles. The lowest BCUT2D eigenvalue weighted by Crippen LogP contribution is -2.62. The van der Waals surface area contributed by atoms with E-state index in [4.69, 9.17) is 6.42 Å². The molecular weight excluding hydrogens is 493 g/mol. The molecule has 32 heavy (non-hydrogen) atoms. The van der Waals surface area contributed by atoms with Crippen LogP contribution in [-0.4, -0.2) is 38.6 Å². The SMILES string of the molecule is C#CC1(NC(=O)C(=O)c2c(C)c(C(=O)Nc3ccnc(F)c3Br)n(C)c2C)CC(F)(F)C1. The first kappa shape index (κ1) is 23.5. The van der Waals surface area contributed by atoms with Gasteiger partial charge in [-0.2, -0.15) is 4.39 Å². The average molecular weight is 511 g/mol. The third-order valence-corrected chi connectivity index (χ3v) is 6.18. The van der Waals surface area contributed by atoms with Crippen molar-refractivity contribution in [1.82, 2.24) is 14.9 Å². The maximum Gasteiger partial charge on any atom is 0.293 e. The summed E-state index contributed by atoms with van der Waals surface area (Å²) in [6, 6.07) is 1.38. The van der Waals surface area contributed by atoms with E-state index < -0.39 is 47.8 Å². The standard InChI is InChI=1S/C21H18BrF3N4O3/c1-5-20(8-21(24,25)9-20)28-19(32)16(30)13-10(2)15(29(4)11(13)3)18(31)27-12-6-7-26-17(23)14(12)22/h1,6-7H,8-9H2,2-4H3,(H,28,32)(H,26,27,31). The van der Waals surface area contributed by atoms with Gasteiger partial charge in [0.1, 0.15) is 11.2 Å². The van der Waals surface area contributed by atoms with Crippen LogP contribution in [0.5, 0.6) is 0 Å². The van der Waals surface area contributed by atoms with Crippen LogP contribution in [0.25, 0.3) is 0 Å². The van der Waals surface area contributed by atoms with Crippen LogP contribution in [-0.2, 0) is 11.8 Å². The molecule has 0 atom stereocenters. The smallest absolute Gasteiger partial charge is 0.293 e. The van der Waals surface area contributed by atoms with Crippen molar-refractivity contribution in [3.63, 3.8) is 0 Å². The Balaban J connectivity index is 1.88. The molecule has 0 aliphatic heterocycles. The number of nitrogens with zero attached hydrogens (tertiary/aromatic N) is 2. The summed E-state index contributed by atoms with van der Waals surface area (Å²) in [7, 11) is 1.52. The number of nitrogens with one attached hydrogen (secondary N) is 2. The van der Waals surface area contributed by atoms with Crippen LogP contribution in [0.1, 0.15) is 44.9 Å². The number of ketones is 1. The summed E-state index contributed by atoms with van der Waals surface area (Å²) in [4.78, 5) is 41.7. The lowest BCUT2D eigenvalue weighted by Gasteiger charge is -2.43. The Morgan fingerprint density at radius 1 is 1.28 bits per heavy atom. The zero-order chi connectivity index (χ0) is 24.0. The van der Waals surface area contributed by atoms with Gasteiger partial charge in [0.05, 0.1) is 15.7 Å². The van der Waals surface area contributed by atoms with Crippen molar-refractivity contribution < 1.29 is 27.6 Å². The lowest BCUT2D eigenvalue weighted by molar-refractivity contribution is -0.133. The van der Waals surface area contributed by atoms with E-state index in [0.717, 1.165) is 0 Å². The Bertz CT molecular complexity index is 1190. The van der Waals surface area contributed by atoms with E-state index in [0.29, 0.717) is 5.69 Å². The minimum absolute atomic E-state index is 0.0478. The van der Waals surface area contributed by atoms with Crippen LogP contribution in [0.2, 0.25) is 0 Å². The third-order valence-electron chi connectivity index (χ3n) is 5.42. The van der Waals surface area contributed by atoms with Gasteiger partial charge in [0, 0.05) is 31.8 Å². The van der Waals surface area contributed by atoms with Crippen LogP contribution >= 0.6 is 15.9 Å². The van der Waals surface area contributed by atoms with Gasteiger partial charge >= 0.3 is 0 Å². The van der Waals surface area contributed by atoms with Gasteiger partial charge in [-0.15, -0.1) is 6.42 Å². The number of rotatable bonds is 5. The van der Waals surface area contributed by atoms with Crippen molar-refractivity contribution in [2.45, 2.75) is 38.2 Å². The molecule has 3 rings (SSSR count). The molecule has 11 heteroatoms. The molecule has 0 aromatic carbocycles. The number of alkyl halides is 2. The minimum Gasteiger partial charge on any atom is -0.343 e. The number of halogens is 4. The van der Waals surface area contributed by atoms with Crippen LogP contribution in [0, 0.1) is 32.1 Å². The number of aromatic nitrogens is 2. The Labute approximate surface area is 189 Å². The van der Waals surface area contributed by atoms with Gasteiger partial charge in [-0.05, 0) is 41.4 Å². The van der Waals surface area contributed by atoms with E-state index in [1.807, 2.05) is 0 Å². The number of amides is 2. The second-order valence-corrected chi connectivity index (χ2v) is 8.42. The van der Waals surface area contributed by atoms with E-state index in [2.05, 4.69) is 37.5 Å². The maximum absolute atomic E-state index is 13.6. The molecule has 1 fully saturated rings. The highest BCUT2D eigenvalue weighted by Gasteiger charge is 2.57. The molecule has 2 heterocycles. The number of pyridine rings is 1. The summed E-state index contributed by atoms with van der Waals surface area (Å²) in [5, 5.41) is 4.75. The molecule has 2 aromatic rings. The zero-order valence-electron chi connectivity index (χ0n) is 17.3. The maximum atomic E-state index is 13.6. The molecule has 0 unspecified atom stereocenters. The number of hydrogen-bond acceptors (Lipinski definition) is 4. The molecule has 0 bridgehead atoms. The molecule has 0 radical (unpaired) electrons. The van der Waals surface area contributed by atoms with Gasteiger partial charge in [-0.25, -0.2) is 13.8 Å². The predicted molar refractivity (Wildman–Crippen MR) is 113 cm³/mol. The predicted octanol–water partition coefficient (Wildman–Crippen LogP) is 3.29. The molecule has 7 nitrogen and oxygen atoms in total. The number of anilines is 1. The van der Waals surface area contributed by atoms with E-state index in [1.165, 1.54) is 37.7 Å². The zero-order valence-corrected chi connectivity index (χ0v) is 18.9. The number of Topliss-reactive ketones (excluding diaryl/α,β-unsaturated/α-hetero) is 1. The van der Waals surface area contributed by atoms with E-state index in [-0.39, 0.29) is 27.0 Å². The fraction of sp³-hybridized carbons (Fsp3) is 0.333. The molecule has 1 aliphatic carbocycles. The van der Waals surface area contributed by atoms with Gasteiger partial charge in [-0.3, -0.25) is 14.4 Å². The van der Waals surface area contributed by atoms with Crippen molar-refractivity contribution in [2.24, 2.45) is 7.05 Å². The van der Waals surface area contributed by atoms with E-state index in [9.17, 15) is 27.6 Å². The molecule has 2 N–H and O–H groups in total. The van der Waals surface area contributed by atoms with Crippen LogP contribution in [0.4, 0.5) is 18.9 Å². The van der Waals surface area contributed by atoms with E-state index in [1.54, 1.807) is 0 Å². The first-order chi connectivity index (χ1) is 14.8. The monoisotopic (exact) mass is 510 g/mol. The van der Waals surface area contributed by atoms with Crippen LogP contribution < -0.4 is 10.6 Å². The number of carbonyl (C=O) groups excluding carboxylic acids is 3.